The number of aromatic nitrogens is 1. The van der Waals surface area contributed by atoms with Crippen molar-refractivity contribution in [2.24, 2.45) is 0 Å². The molecular formula is C30H34N6O. The zero-order chi connectivity index (χ0) is 24.9. The second-order valence-corrected chi connectivity index (χ2v) is 11.3. The molecule has 2 unspecified atom stereocenters. The van der Waals surface area contributed by atoms with Crippen LogP contribution < -0.4 is 15.1 Å². The van der Waals surface area contributed by atoms with Crippen molar-refractivity contribution in [3.63, 3.8) is 0 Å². The van der Waals surface area contributed by atoms with Gasteiger partial charge in [0.25, 0.3) is 0 Å². The van der Waals surface area contributed by atoms with Crippen LogP contribution in [-0.4, -0.2) is 66.9 Å². The predicted molar refractivity (Wildman–Crippen MR) is 146 cm³/mol. The molecule has 3 aromatic rings. The van der Waals surface area contributed by atoms with Crippen molar-refractivity contribution in [2.75, 3.05) is 42.5 Å². The Morgan fingerprint density at radius 2 is 1.84 bits per heavy atom. The van der Waals surface area contributed by atoms with E-state index >= 15 is 0 Å². The van der Waals surface area contributed by atoms with Crippen LogP contribution in [0.4, 0.5) is 11.4 Å². The molecule has 4 aliphatic rings. The van der Waals surface area contributed by atoms with Crippen molar-refractivity contribution in [3.8, 4) is 6.07 Å². The molecule has 1 aromatic heterocycles. The fourth-order valence-corrected chi connectivity index (χ4v) is 6.94. The minimum atomic E-state index is 0.128. The number of pyridine rings is 1. The van der Waals surface area contributed by atoms with Gasteiger partial charge in [0.15, 0.2) is 0 Å². The van der Waals surface area contributed by atoms with Crippen LogP contribution in [0, 0.1) is 11.3 Å². The summed E-state index contributed by atoms with van der Waals surface area (Å²) in [7, 11) is 0. The van der Waals surface area contributed by atoms with Gasteiger partial charge in [0.2, 0.25) is 0 Å². The summed E-state index contributed by atoms with van der Waals surface area (Å²) < 4.78 is 6.44. The number of piperazine rings is 1. The molecule has 190 valence electrons. The van der Waals surface area contributed by atoms with Crippen molar-refractivity contribution >= 4 is 22.3 Å². The summed E-state index contributed by atoms with van der Waals surface area (Å²) in [6.07, 6.45) is 4.65. The number of morpholine rings is 1. The van der Waals surface area contributed by atoms with E-state index in [1.165, 1.54) is 29.7 Å². The van der Waals surface area contributed by atoms with Crippen LogP contribution in [0.25, 0.3) is 10.9 Å². The third-order valence-corrected chi connectivity index (χ3v) is 8.56. The topological polar surface area (TPSA) is 67.7 Å². The highest BCUT2D eigenvalue weighted by Gasteiger charge is 2.33. The van der Waals surface area contributed by atoms with E-state index < -0.39 is 0 Å². The lowest BCUT2D eigenvalue weighted by molar-refractivity contribution is -0.0329. The van der Waals surface area contributed by atoms with E-state index in [0.29, 0.717) is 17.6 Å². The third-order valence-electron chi connectivity index (χ3n) is 8.56. The van der Waals surface area contributed by atoms with Crippen LogP contribution in [0.3, 0.4) is 0 Å². The van der Waals surface area contributed by atoms with E-state index in [1.54, 1.807) is 6.20 Å². The van der Waals surface area contributed by atoms with Gasteiger partial charge in [0.1, 0.15) is 6.07 Å². The average Bonchev–Trinajstić information content (AvgIpc) is 3.47. The number of nitrogens with one attached hydrogen (secondary N) is 1. The molecule has 37 heavy (non-hydrogen) atoms. The van der Waals surface area contributed by atoms with E-state index in [1.807, 2.05) is 12.1 Å². The number of hydrogen-bond acceptors (Lipinski definition) is 7. The van der Waals surface area contributed by atoms with Gasteiger partial charge < -0.3 is 19.9 Å². The van der Waals surface area contributed by atoms with Gasteiger partial charge in [0, 0.05) is 80.9 Å². The minimum absolute atomic E-state index is 0.128. The Labute approximate surface area is 218 Å². The molecule has 7 rings (SSSR count). The number of rotatable bonds is 4. The van der Waals surface area contributed by atoms with Gasteiger partial charge in [-0.15, -0.1) is 0 Å². The Kier molecular flexibility index (Phi) is 5.77. The fourth-order valence-electron chi connectivity index (χ4n) is 6.94. The summed E-state index contributed by atoms with van der Waals surface area (Å²) >= 11 is 0. The minimum Gasteiger partial charge on any atom is -0.370 e. The monoisotopic (exact) mass is 494 g/mol. The molecule has 1 N–H and O–H groups in total. The largest absolute Gasteiger partial charge is 0.370 e. The molecule has 0 spiro atoms. The third kappa shape index (κ3) is 4.33. The number of anilines is 2. The zero-order valence-electron chi connectivity index (χ0n) is 21.4. The van der Waals surface area contributed by atoms with Crippen LogP contribution >= 0.6 is 0 Å². The standard InChI is InChI=1S/C30H34N6O/c1-20-13-36(29-9-5-21(12-31)30-28(29)3-2-10-32-30)19-27(37-20)18-34-14-22-4-8-26(11-23(22)15-34)35-16-24-6-7-25(17-35)33-24/h2-5,8-11,20,24-25,27,33H,6-7,13-19H2,1H3/t20-,24?,25?,27+/m1/s1. The summed E-state index contributed by atoms with van der Waals surface area (Å²) in [5.74, 6) is 0. The maximum absolute atomic E-state index is 9.54. The van der Waals surface area contributed by atoms with Crippen molar-refractivity contribution < 1.29 is 4.74 Å². The SMILES string of the molecule is C[C@@H]1CN(c2ccc(C#N)c3ncccc23)C[C@H](CN2Cc3ccc(N4CC5CCC(C4)N5)cc3C2)O1. The average molecular weight is 495 g/mol. The smallest absolute Gasteiger partial charge is 0.101 e. The van der Waals surface area contributed by atoms with Crippen LogP contribution in [0.15, 0.2) is 48.7 Å². The van der Waals surface area contributed by atoms with Gasteiger partial charge in [-0.1, -0.05) is 6.07 Å². The quantitative estimate of drug-likeness (QED) is 0.594. The van der Waals surface area contributed by atoms with Gasteiger partial charge in [0.05, 0.1) is 23.3 Å². The van der Waals surface area contributed by atoms with Crippen molar-refractivity contribution in [3.05, 3.63) is 65.4 Å². The number of nitriles is 1. The number of hydrogen-bond donors (Lipinski definition) is 1. The lowest BCUT2D eigenvalue weighted by Crippen LogP contribution is -2.51. The first-order chi connectivity index (χ1) is 18.1. The molecule has 7 heteroatoms. The first kappa shape index (κ1) is 23.0. The van der Waals surface area contributed by atoms with Crippen molar-refractivity contribution in [1.29, 1.82) is 5.26 Å². The predicted octanol–water partition coefficient (Wildman–Crippen LogP) is 3.66. The van der Waals surface area contributed by atoms with Gasteiger partial charge in [-0.3, -0.25) is 9.88 Å². The maximum Gasteiger partial charge on any atom is 0.101 e. The van der Waals surface area contributed by atoms with E-state index in [4.69, 9.17) is 4.74 Å². The highest BCUT2D eigenvalue weighted by Crippen LogP contribution is 2.33. The van der Waals surface area contributed by atoms with Crippen LogP contribution in [0.1, 0.15) is 36.5 Å². The Bertz CT molecular complexity index is 1360. The Balaban J connectivity index is 1.05. The Hall–Kier alpha value is -3.18. The van der Waals surface area contributed by atoms with Crippen LogP contribution in [-0.2, 0) is 17.8 Å². The molecule has 3 saturated heterocycles. The van der Waals surface area contributed by atoms with Crippen molar-refractivity contribution in [2.45, 2.75) is 57.1 Å². The highest BCUT2D eigenvalue weighted by molar-refractivity contribution is 5.95. The lowest BCUT2D eigenvalue weighted by Gasteiger charge is -2.40. The summed E-state index contributed by atoms with van der Waals surface area (Å²) in [4.78, 5) is 12.1. The second-order valence-electron chi connectivity index (χ2n) is 11.3. The normalized spacial score (nSPS) is 27.5. The van der Waals surface area contributed by atoms with Gasteiger partial charge >= 0.3 is 0 Å². The maximum atomic E-state index is 9.54. The van der Waals surface area contributed by atoms with Gasteiger partial charge in [-0.2, -0.15) is 5.26 Å². The molecule has 5 heterocycles. The van der Waals surface area contributed by atoms with E-state index in [2.05, 4.69) is 68.3 Å². The molecular weight excluding hydrogens is 460 g/mol. The molecule has 0 amide bonds. The van der Waals surface area contributed by atoms with Crippen LogP contribution in [0.5, 0.6) is 0 Å². The lowest BCUT2D eigenvalue weighted by atomic mass is 10.1. The highest BCUT2D eigenvalue weighted by atomic mass is 16.5. The molecule has 3 fully saturated rings. The molecule has 4 atom stereocenters. The molecule has 0 saturated carbocycles. The number of ether oxygens (including phenoxy) is 1. The summed E-state index contributed by atoms with van der Waals surface area (Å²) in [6, 6.07) is 18.7. The molecule has 4 aliphatic heterocycles. The summed E-state index contributed by atoms with van der Waals surface area (Å²) in [5.41, 5.74) is 6.84. The molecule has 0 radical (unpaired) electrons. The Morgan fingerprint density at radius 1 is 1.00 bits per heavy atom. The molecule has 2 aromatic carbocycles. The van der Waals surface area contributed by atoms with E-state index in [9.17, 15) is 5.26 Å². The molecule has 0 aliphatic carbocycles. The molecule has 2 bridgehead atoms. The van der Waals surface area contributed by atoms with E-state index in [0.717, 1.165) is 62.4 Å². The first-order valence-electron chi connectivity index (χ1n) is 13.7. The van der Waals surface area contributed by atoms with Crippen molar-refractivity contribution in [1.82, 2.24) is 15.2 Å². The molecule has 7 nitrogen and oxygen atoms in total. The van der Waals surface area contributed by atoms with Gasteiger partial charge in [-0.25, -0.2) is 0 Å². The van der Waals surface area contributed by atoms with E-state index in [-0.39, 0.29) is 12.2 Å². The first-order valence-corrected chi connectivity index (χ1v) is 13.7. The number of benzene rings is 2. The van der Waals surface area contributed by atoms with Gasteiger partial charge in [-0.05, 0) is 67.3 Å². The summed E-state index contributed by atoms with van der Waals surface area (Å²) in [5, 5.41) is 14.3. The summed E-state index contributed by atoms with van der Waals surface area (Å²) in [6.45, 7) is 8.97. The second kappa shape index (κ2) is 9.29. The Morgan fingerprint density at radius 3 is 2.68 bits per heavy atom. The van der Waals surface area contributed by atoms with Crippen LogP contribution in [0.2, 0.25) is 0 Å². The number of nitrogens with zero attached hydrogens (tertiary/aromatic N) is 5. The fraction of sp³-hybridized carbons (Fsp3) is 0.467. The zero-order valence-corrected chi connectivity index (χ0v) is 21.4. The number of fused-ring (bicyclic) bond motifs is 4.